The summed E-state index contributed by atoms with van der Waals surface area (Å²) in [6, 6.07) is 17.7. The highest BCUT2D eigenvalue weighted by Crippen LogP contribution is 2.34. The van der Waals surface area contributed by atoms with Gasteiger partial charge in [-0.2, -0.15) is 13.2 Å². The molecule has 3 rings (SSSR count). The Bertz CT molecular complexity index is 1220. The molecule has 0 amide bonds. The van der Waals surface area contributed by atoms with Gasteiger partial charge in [0, 0.05) is 18.1 Å². The molecule has 196 valence electrons. The van der Waals surface area contributed by atoms with Crippen molar-refractivity contribution >= 4 is 23.5 Å². The van der Waals surface area contributed by atoms with E-state index >= 15 is 0 Å². The van der Waals surface area contributed by atoms with Gasteiger partial charge in [0.2, 0.25) is 0 Å². The number of hydrogen-bond donors (Lipinski definition) is 1. The summed E-state index contributed by atoms with van der Waals surface area (Å²) < 4.78 is 50.4. The fourth-order valence-electron chi connectivity index (χ4n) is 3.67. The van der Waals surface area contributed by atoms with Crippen LogP contribution in [0.1, 0.15) is 35.6 Å². The molecule has 0 saturated heterocycles. The third-order valence-electron chi connectivity index (χ3n) is 5.49. The number of hydrogen-bond acceptors (Lipinski definition) is 5. The Hall–Kier alpha value is -3.36. The summed E-state index contributed by atoms with van der Waals surface area (Å²) in [6.07, 6.45) is -4.50. The molecule has 0 saturated carbocycles. The van der Waals surface area contributed by atoms with Crippen LogP contribution >= 0.6 is 11.6 Å². The zero-order chi connectivity index (χ0) is 26.8. The summed E-state index contributed by atoms with van der Waals surface area (Å²) in [5.41, 5.74) is 2.14. The second kappa shape index (κ2) is 13.3. The molecule has 0 atom stereocenters. The Morgan fingerprint density at radius 1 is 0.919 bits per heavy atom. The number of carbonyl (C=O) groups excluding carboxylic acids is 2. The second-order valence-electron chi connectivity index (χ2n) is 8.23. The van der Waals surface area contributed by atoms with Crippen molar-refractivity contribution in [3.8, 4) is 11.1 Å². The second-order valence-corrected chi connectivity index (χ2v) is 8.64. The number of esters is 2. The van der Waals surface area contributed by atoms with E-state index in [-0.39, 0.29) is 39.1 Å². The largest absolute Gasteiger partial charge is 0.466 e. The maximum Gasteiger partial charge on any atom is 0.416 e. The van der Waals surface area contributed by atoms with Crippen LogP contribution in [0.2, 0.25) is 5.02 Å². The zero-order valence-electron chi connectivity index (χ0n) is 20.2. The van der Waals surface area contributed by atoms with E-state index in [1.54, 1.807) is 25.1 Å². The molecule has 0 radical (unpaired) electrons. The quantitative estimate of drug-likeness (QED) is 0.230. The zero-order valence-corrected chi connectivity index (χ0v) is 21.0. The molecule has 0 unspecified atom stereocenters. The summed E-state index contributed by atoms with van der Waals surface area (Å²) >= 11 is 6.24. The average Bonchev–Trinajstić information content (AvgIpc) is 2.87. The number of nitrogens with one attached hydrogen (secondary N) is 1. The molecule has 3 aromatic carbocycles. The molecule has 0 bridgehead atoms. The van der Waals surface area contributed by atoms with Gasteiger partial charge in [-0.15, -0.1) is 0 Å². The minimum absolute atomic E-state index is 0.0557. The highest BCUT2D eigenvalue weighted by Gasteiger charge is 2.31. The lowest BCUT2D eigenvalue weighted by Crippen LogP contribution is -2.20. The van der Waals surface area contributed by atoms with E-state index in [1.807, 2.05) is 30.3 Å². The fraction of sp³-hybridized carbons (Fsp3) is 0.286. The van der Waals surface area contributed by atoms with Gasteiger partial charge in [0.15, 0.2) is 0 Å². The van der Waals surface area contributed by atoms with Crippen LogP contribution in [-0.4, -0.2) is 25.1 Å². The maximum absolute atomic E-state index is 13.4. The Labute approximate surface area is 218 Å². The van der Waals surface area contributed by atoms with Crippen molar-refractivity contribution < 1.29 is 32.2 Å². The normalized spacial score (nSPS) is 11.3. The van der Waals surface area contributed by atoms with Crippen LogP contribution in [0, 0.1) is 0 Å². The Kier molecular flexibility index (Phi) is 10.1. The van der Waals surface area contributed by atoms with Crippen LogP contribution in [0.4, 0.5) is 13.2 Å². The van der Waals surface area contributed by atoms with Gasteiger partial charge in [-0.1, -0.05) is 54.1 Å². The van der Waals surface area contributed by atoms with Crippen molar-refractivity contribution in [2.75, 3.05) is 13.2 Å². The fourth-order valence-corrected chi connectivity index (χ4v) is 3.85. The first-order valence-corrected chi connectivity index (χ1v) is 12.1. The van der Waals surface area contributed by atoms with Crippen LogP contribution in [-0.2, 0) is 44.8 Å². The molecule has 9 heteroatoms. The minimum Gasteiger partial charge on any atom is -0.466 e. The van der Waals surface area contributed by atoms with E-state index in [4.69, 9.17) is 21.1 Å². The van der Waals surface area contributed by atoms with Crippen molar-refractivity contribution in [2.45, 2.75) is 39.1 Å². The molecule has 0 aromatic heterocycles. The Morgan fingerprint density at radius 2 is 1.68 bits per heavy atom. The van der Waals surface area contributed by atoms with Crippen LogP contribution in [0.3, 0.4) is 0 Å². The van der Waals surface area contributed by atoms with Crippen LogP contribution in [0.5, 0.6) is 0 Å². The molecular formula is C28H27ClF3NO4. The smallest absolute Gasteiger partial charge is 0.416 e. The summed E-state index contributed by atoms with van der Waals surface area (Å²) in [7, 11) is 0. The van der Waals surface area contributed by atoms with Gasteiger partial charge >= 0.3 is 18.1 Å². The van der Waals surface area contributed by atoms with E-state index in [9.17, 15) is 22.8 Å². The molecule has 37 heavy (non-hydrogen) atoms. The van der Waals surface area contributed by atoms with Crippen LogP contribution < -0.4 is 5.32 Å². The molecule has 0 spiro atoms. The summed E-state index contributed by atoms with van der Waals surface area (Å²) in [6.45, 7) is 2.38. The number of rotatable bonds is 11. The molecule has 0 fully saturated rings. The summed E-state index contributed by atoms with van der Waals surface area (Å²) in [5, 5.41) is 3.38. The lowest BCUT2D eigenvalue weighted by molar-refractivity contribution is -0.145. The third-order valence-corrected chi connectivity index (χ3v) is 5.86. The first-order chi connectivity index (χ1) is 17.7. The Balaban J connectivity index is 1.71. The first-order valence-electron chi connectivity index (χ1n) is 11.7. The highest BCUT2D eigenvalue weighted by molar-refractivity contribution is 6.31. The van der Waals surface area contributed by atoms with E-state index < -0.39 is 23.7 Å². The predicted molar refractivity (Wildman–Crippen MR) is 135 cm³/mol. The lowest BCUT2D eigenvalue weighted by atomic mass is 9.95. The summed E-state index contributed by atoms with van der Waals surface area (Å²) in [4.78, 5) is 24.0. The number of halogens is 4. The van der Waals surface area contributed by atoms with E-state index in [0.29, 0.717) is 27.3 Å². The number of benzene rings is 3. The molecule has 3 aromatic rings. The van der Waals surface area contributed by atoms with Crippen molar-refractivity contribution in [2.24, 2.45) is 0 Å². The van der Waals surface area contributed by atoms with Crippen LogP contribution in [0.25, 0.3) is 11.1 Å². The SMILES string of the molecule is CCOC(=O)Cc1cc(-c2ccc(C(F)(F)F)cc2CNCCC(=O)OCc2ccccc2)ccc1Cl. The maximum atomic E-state index is 13.4. The predicted octanol–water partition coefficient (Wildman–Crippen LogP) is 6.35. The molecule has 0 aliphatic rings. The van der Waals surface area contributed by atoms with Crippen LogP contribution in [0.15, 0.2) is 66.7 Å². The van der Waals surface area contributed by atoms with Crippen molar-refractivity contribution in [3.63, 3.8) is 0 Å². The molecule has 0 heterocycles. The molecule has 0 aliphatic heterocycles. The summed E-state index contributed by atoms with van der Waals surface area (Å²) in [5.74, 6) is -0.864. The first kappa shape index (κ1) is 28.2. The van der Waals surface area contributed by atoms with E-state index in [2.05, 4.69) is 5.32 Å². The average molecular weight is 534 g/mol. The minimum atomic E-state index is -4.51. The molecule has 5 nitrogen and oxygen atoms in total. The third kappa shape index (κ3) is 8.61. The topological polar surface area (TPSA) is 64.6 Å². The lowest BCUT2D eigenvalue weighted by Gasteiger charge is -2.16. The number of ether oxygens (including phenoxy) is 2. The number of carbonyl (C=O) groups is 2. The standard InChI is InChI=1S/C28H27ClF3NO4/c1-2-36-27(35)16-21-14-20(8-11-25(21)29)24-10-9-23(28(30,31)32)15-22(24)17-33-13-12-26(34)37-18-19-6-4-3-5-7-19/h3-11,14-15,33H,2,12-13,16-18H2,1H3. The highest BCUT2D eigenvalue weighted by atomic mass is 35.5. The number of alkyl halides is 3. The molecule has 0 aliphatic carbocycles. The van der Waals surface area contributed by atoms with Gasteiger partial charge in [0.1, 0.15) is 6.61 Å². The molecule has 1 N–H and O–H groups in total. The van der Waals surface area contributed by atoms with Crippen molar-refractivity contribution in [1.82, 2.24) is 5.32 Å². The van der Waals surface area contributed by atoms with Gasteiger partial charge in [0.25, 0.3) is 0 Å². The van der Waals surface area contributed by atoms with Gasteiger partial charge < -0.3 is 14.8 Å². The van der Waals surface area contributed by atoms with Crippen molar-refractivity contribution in [3.05, 3.63) is 94.0 Å². The van der Waals surface area contributed by atoms with E-state index in [0.717, 1.165) is 17.7 Å². The Morgan fingerprint density at radius 3 is 2.38 bits per heavy atom. The monoisotopic (exact) mass is 533 g/mol. The van der Waals surface area contributed by atoms with Gasteiger partial charge in [-0.3, -0.25) is 9.59 Å². The van der Waals surface area contributed by atoms with Gasteiger partial charge in [-0.25, -0.2) is 0 Å². The van der Waals surface area contributed by atoms with Gasteiger partial charge in [-0.05, 0) is 59.0 Å². The van der Waals surface area contributed by atoms with Gasteiger partial charge in [0.05, 0.1) is 25.0 Å². The van der Waals surface area contributed by atoms with Crippen molar-refractivity contribution in [1.29, 1.82) is 0 Å². The molecular weight excluding hydrogens is 507 g/mol. The van der Waals surface area contributed by atoms with E-state index in [1.165, 1.54) is 6.07 Å².